The maximum atomic E-state index is 13.3. The Labute approximate surface area is 149 Å². The van der Waals surface area contributed by atoms with Crippen LogP contribution in [-0.4, -0.2) is 25.7 Å². The Morgan fingerprint density at radius 1 is 1.24 bits per heavy atom. The summed E-state index contributed by atoms with van der Waals surface area (Å²) in [7, 11) is -3.69. The third-order valence-electron chi connectivity index (χ3n) is 4.78. The van der Waals surface area contributed by atoms with Gasteiger partial charge in [0.1, 0.15) is 6.29 Å². The molecule has 0 bridgehead atoms. The monoisotopic (exact) mass is 360 g/mol. The molecule has 0 saturated carbocycles. The molecule has 1 unspecified atom stereocenters. The summed E-state index contributed by atoms with van der Waals surface area (Å²) >= 11 is 0. The zero-order valence-electron chi connectivity index (χ0n) is 15.1. The lowest BCUT2D eigenvalue weighted by atomic mass is 9.82. The second kappa shape index (κ2) is 7.08. The molecule has 1 aromatic rings. The van der Waals surface area contributed by atoms with E-state index in [0.717, 1.165) is 0 Å². The molecule has 5 heteroatoms. The van der Waals surface area contributed by atoms with Gasteiger partial charge in [-0.3, -0.25) is 9.59 Å². The van der Waals surface area contributed by atoms with E-state index in [1.54, 1.807) is 44.2 Å². The van der Waals surface area contributed by atoms with E-state index in [1.165, 1.54) is 6.08 Å². The van der Waals surface area contributed by atoms with Crippen molar-refractivity contribution >= 4 is 21.9 Å². The molecule has 134 valence electrons. The molecule has 0 radical (unpaired) electrons. The summed E-state index contributed by atoms with van der Waals surface area (Å²) in [6.07, 6.45) is 2.55. The van der Waals surface area contributed by atoms with Crippen molar-refractivity contribution in [3.63, 3.8) is 0 Å². The molecular weight excluding hydrogens is 336 g/mol. The van der Waals surface area contributed by atoms with Gasteiger partial charge in [0, 0.05) is 6.42 Å². The molecule has 0 fully saturated rings. The van der Waals surface area contributed by atoms with Gasteiger partial charge in [-0.05, 0) is 55.0 Å². The van der Waals surface area contributed by atoms with Crippen LogP contribution in [0.2, 0.25) is 0 Å². The number of benzene rings is 1. The number of hydrogen-bond acceptors (Lipinski definition) is 4. The van der Waals surface area contributed by atoms with Gasteiger partial charge in [0.15, 0.2) is 15.6 Å². The minimum absolute atomic E-state index is 0.00900. The van der Waals surface area contributed by atoms with Crippen molar-refractivity contribution in [2.45, 2.75) is 50.7 Å². The second-order valence-corrected chi connectivity index (χ2v) is 9.35. The predicted octanol–water partition coefficient (Wildman–Crippen LogP) is 3.68. The third kappa shape index (κ3) is 3.82. The van der Waals surface area contributed by atoms with Gasteiger partial charge in [-0.15, -0.1) is 0 Å². The second-order valence-electron chi connectivity index (χ2n) is 7.22. The Morgan fingerprint density at radius 2 is 1.84 bits per heavy atom. The predicted molar refractivity (Wildman–Crippen MR) is 98.0 cm³/mol. The zero-order valence-corrected chi connectivity index (χ0v) is 15.9. The molecule has 1 atom stereocenters. The minimum Gasteiger partial charge on any atom is -0.299 e. The summed E-state index contributed by atoms with van der Waals surface area (Å²) in [6, 6.07) is 8.27. The molecule has 0 N–H and O–H groups in total. The molecule has 25 heavy (non-hydrogen) atoms. The first-order chi connectivity index (χ1) is 11.6. The van der Waals surface area contributed by atoms with Crippen molar-refractivity contribution in [2.75, 3.05) is 0 Å². The molecular formula is C20H24O4S. The fourth-order valence-electron chi connectivity index (χ4n) is 3.58. The zero-order chi connectivity index (χ0) is 18.8. The van der Waals surface area contributed by atoms with Gasteiger partial charge in [0.2, 0.25) is 0 Å². The van der Waals surface area contributed by atoms with Gasteiger partial charge in [-0.2, -0.15) is 0 Å². The van der Waals surface area contributed by atoms with Crippen molar-refractivity contribution in [3.05, 3.63) is 53.1 Å². The molecule has 4 nitrogen and oxygen atoms in total. The van der Waals surface area contributed by atoms with Gasteiger partial charge >= 0.3 is 0 Å². The Bertz CT molecular complexity index is 843. The molecule has 0 amide bonds. The lowest BCUT2D eigenvalue weighted by Crippen LogP contribution is -2.30. The topological polar surface area (TPSA) is 68.3 Å². The minimum atomic E-state index is -3.69. The molecule has 0 spiro atoms. The number of carbonyl (C=O) groups is 2. The van der Waals surface area contributed by atoms with Crippen molar-refractivity contribution in [2.24, 2.45) is 5.41 Å². The molecule has 1 aliphatic rings. The molecule has 1 aliphatic carbocycles. The van der Waals surface area contributed by atoms with Gasteiger partial charge in [0.25, 0.3) is 0 Å². The summed E-state index contributed by atoms with van der Waals surface area (Å²) in [5, 5.41) is -0.854. The highest BCUT2D eigenvalue weighted by Gasteiger charge is 2.44. The van der Waals surface area contributed by atoms with E-state index in [4.69, 9.17) is 0 Å². The normalized spacial score (nSPS) is 19.2. The van der Waals surface area contributed by atoms with Gasteiger partial charge in [-0.25, -0.2) is 8.42 Å². The number of hydrogen-bond donors (Lipinski definition) is 0. The highest BCUT2D eigenvalue weighted by Crippen LogP contribution is 2.46. The van der Waals surface area contributed by atoms with Crippen LogP contribution in [-0.2, 0) is 19.4 Å². The van der Waals surface area contributed by atoms with Crippen molar-refractivity contribution < 1.29 is 18.0 Å². The van der Waals surface area contributed by atoms with Crippen molar-refractivity contribution in [1.29, 1.82) is 0 Å². The molecule has 0 heterocycles. The lowest BCUT2D eigenvalue weighted by molar-refractivity contribution is -0.115. The first-order valence-electron chi connectivity index (χ1n) is 8.25. The quantitative estimate of drug-likeness (QED) is 0.573. The highest BCUT2D eigenvalue weighted by molar-refractivity contribution is 7.92. The third-order valence-corrected chi connectivity index (χ3v) is 6.86. The van der Waals surface area contributed by atoms with Crippen LogP contribution >= 0.6 is 0 Å². The number of rotatable bonds is 6. The largest absolute Gasteiger partial charge is 0.299 e. The Morgan fingerprint density at radius 3 is 2.32 bits per heavy atom. The fourth-order valence-corrected chi connectivity index (χ4v) is 5.74. The smallest absolute Gasteiger partial charge is 0.185 e. The fraction of sp³-hybridized carbons (Fsp3) is 0.400. The number of Topliss-reactive ketones (excluding diaryl/α,β-unsaturated/α-hetero) is 1. The van der Waals surface area contributed by atoms with E-state index < -0.39 is 20.5 Å². The van der Waals surface area contributed by atoms with Crippen LogP contribution in [0.5, 0.6) is 0 Å². The molecule has 0 saturated heterocycles. The number of carbonyl (C=O) groups excluding carboxylic acids is 2. The summed E-state index contributed by atoms with van der Waals surface area (Å²) in [5.41, 5.74) is 1.36. The maximum absolute atomic E-state index is 13.3. The average molecular weight is 360 g/mol. The van der Waals surface area contributed by atoms with Crippen LogP contribution in [0.3, 0.4) is 0 Å². The number of aldehydes is 1. The van der Waals surface area contributed by atoms with Crippen molar-refractivity contribution in [1.82, 2.24) is 0 Å². The van der Waals surface area contributed by atoms with Crippen molar-refractivity contribution in [3.8, 4) is 0 Å². The number of allylic oxidation sites excluding steroid dienone is 3. The first kappa shape index (κ1) is 19.3. The van der Waals surface area contributed by atoms with Crippen LogP contribution in [0.1, 0.15) is 40.5 Å². The van der Waals surface area contributed by atoms with E-state index in [-0.39, 0.29) is 17.1 Å². The maximum Gasteiger partial charge on any atom is 0.185 e. The summed E-state index contributed by atoms with van der Waals surface area (Å²) in [4.78, 5) is 23.3. The molecule has 0 aromatic heterocycles. The van der Waals surface area contributed by atoms with Crippen LogP contribution in [0.15, 0.2) is 58.0 Å². The summed E-state index contributed by atoms with van der Waals surface area (Å²) in [5.74, 6) is -0.00900. The Hall–Kier alpha value is -2.01. The highest BCUT2D eigenvalue weighted by atomic mass is 32.2. The van der Waals surface area contributed by atoms with Gasteiger partial charge < -0.3 is 0 Å². The van der Waals surface area contributed by atoms with E-state index in [9.17, 15) is 18.0 Å². The number of ketones is 1. The average Bonchev–Trinajstić information content (AvgIpc) is 2.74. The van der Waals surface area contributed by atoms with Crippen LogP contribution in [0.4, 0.5) is 0 Å². The van der Waals surface area contributed by atoms with E-state index in [2.05, 4.69) is 0 Å². The van der Waals surface area contributed by atoms with E-state index in [1.807, 2.05) is 13.8 Å². The van der Waals surface area contributed by atoms with Crippen LogP contribution in [0, 0.1) is 5.41 Å². The standard InChI is InChI=1S/C20H24O4S/c1-14(10-11-21)12-18(19-15(2)17(22)13-20(19,3)4)25(23,24)16-8-6-5-7-9-16/h5-11,18H,12-13H2,1-4H3/b14-10+. The van der Waals surface area contributed by atoms with Gasteiger partial charge in [0.05, 0.1) is 10.1 Å². The molecule has 2 rings (SSSR count). The molecule has 0 aliphatic heterocycles. The number of sulfone groups is 1. The van der Waals surface area contributed by atoms with Crippen LogP contribution in [0.25, 0.3) is 0 Å². The Kier molecular flexibility index (Phi) is 5.47. The summed E-state index contributed by atoms with van der Waals surface area (Å²) < 4.78 is 26.7. The SMILES string of the molecule is CC1=C(C(C/C(C)=C/C=O)S(=O)(=O)c2ccccc2)C(C)(C)CC1=O. The molecule has 1 aromatic carbocycles. The summed E-state index contributed by atoms with van der Waals surface area (Å²) in [6.45, 7) is 7.26. The van der Waals surface area contributed by atoms with E-state index >= 15 is 0 Å². The first-order valence-corrected chi connectivity index (χ1v) is 9.80. The van der Waals surface area contributed by atoms with Gasteiger partial charge in [-0.1, -0.05) is 37.6 Å². The van der Waals surface area contributed by atoms with E-state index in [0.29, 0.717) is 29.4 Å². The Balaban J connectivity index is 2.65. The lowest BCUT2D eigenvalue weighted by Gasteiger charge is -2.30. The van der Waals surface area contributed by atoms with Crippen LogP contribution < -0.4 is 0 Å².